The Kier molecular flexibility index (Phi) is 5.15. The van der Waals surface area contributed by atoms with Gasteiger partial charge in [-0.15, -0.1) is 5.10 Å². The highest BCUT2D eigenvalue weighted by molar-refractivity contribution is 5.44. The Bertz CT molecular complexity index is 810. The Balaban J connectivity index is 1.26. The summed E-state index contributed by atoms with van der Waals surface area (Å²) < 4.78 is 11.3. The van der Waals surface area contributed by atoms with Crippen molar-refractivity contribution in [1.82, 2.24) is 15.5 Å². The van der Waals surface area contributed by atoms with Gasteiger partial charge in [0.1, 0.15) is 13.2 Å². The molecule has 0 spiro atoms. The van der Waals surface area contributed by atoms with Crippen LogP contribution in [0.2, 0.25) is 0 Å². The Morgan fingerprint density at radius 2 is 1.82 bits per heavy atom. The molecule has 3 heterocycles. The third-order valence-electron chi connectivity index (χ3n) is 5.48. The maximum absolute atomic E-state index is 5.69. The molecule has 0 amide bonds. The molecule has 150 valence electrons. The number of rotatable bonds is 5. The molecule has 2 aliphatic rings. The van der Waals surface area contributed by atoms with E-state index in [1.807, 2.05) is 6.07 Å². The van der Waals surface area contributed by atoms with E-state index >= 15 is 0 Å². The number of nitrogens with one attached hydrogen (secondary N) is 1. The van der Waals surface area contributed by atoms with Gasteiger partial charge < -0.3 is 19.7 Å². The van der Waals surface area contributed by atoms with Crippen LogP contribution < -0.4 is 19.7 Å². The lowest BCUT2D eigenvalue weighted by Gasteiger charge is -2.40. The summed E-state index contributed by atoms with van der Waals surface area (Å²) in [5, 5.41) is 12.5. The lowest BCUT2D eigenvalue weighted by molar-refractivity contribution is 0.171. The van der Waals surface area contributed by atoms with Crippen LogP contribution in [0.3, 0.4) is 0 Å². The van der Waals surface area contributed by atoms with E-state index in [4.69, 9.17) is 9.47 Å². The van der Waals surface area contributed by atoms with E-state index in [0.29, 0.717) is 19.1 Å². The zero-order valence-electron chi connectivity index (χ0n) is 17.2. The SMILES string of the molecule is CC(NCC1CN(c2ccc(C(C)(C)C)nn2)C1)c1ccc2c(c1)OCCO2. The number of hydrogen-bond acceptors (Lipinski definition) is 6. The van der Waals surface area contributed by atoms with Gasteiger partial charge in [-0.25, -0.2) is 0 Å². The second kappa shape index (κ2) is 7.59. The first-order valence-corrected chi connectivity index (χ1v) is 10.1. The van der Waals surface area contributed by atoms with Crippen LogP contribution in [0, 0.1) is 5.92 Å². The summed E-state index contributed by atoms with van der Waals surface area (Å²) in [6.45, 7) is 12.9. The third kappa shape index (κ3) is 4.07. The van der Waals surface area contributed by atoms with Gasteiger partial charge in [0.15, 0.2) is 17.3 Å². The van der Waals surface area contributed by atoms with Crippen molar-refractivity contribution in [2.45, 2.75) is 39.2 Å². The molecule has 6 nitrogen and oxygen atoms in total. The highest BCUT2D eigenvalue weighted by atomic mass is 16.6. The molecule has 0 aliphatic carbocycles. The molecule has 1 aromatic carbocycles. The molecule has 0 radical (unpaired) electrons. The normalized spacial score (nSPS) is 17.9. The highest BCUT2D eigenvalue weighted by Gasteiger charge is 2.28. The molecule has 28 heavy (non-hydrogen) atoms. The van der Waals surface area contributed by atoms with Gasteiger partial charge in [-0.2, -0.15) is 5.10 Å². The van der Waals surface area contributed by atoms with Crippen LogP contribution in [0.15, 0.2) is 30.3 Å². The van der Waals surface area contributed by atoms with Crippen molar-refractivity contribution in [3.63, 3.8) is 0 Å². The Morgan fingerprint density at radius 1 is 1.07 bits per heavy atom. The van der Waals surface area contributed by atoms with Gasteiger partial charge in [0.2, 0.25) is 0 Å². The summed E-state index contributed by atoms with van der Waals surface area (Å²) in [5.41, 5.74) is 2.30. The van der Waals surface area contributed by atoms with Crippen LogP contribution in [0.5, 0.6) is 11.5 Å². The Hall–Kier alpha value is -2.34. The average molecular weight is 383 g/mol. The average Bonchev–Trinajstić information content (AvgIpc) is 2.66. The van der Waals surface area contributed by atoms with Crippen LogP contribution in [0.1, 0.15) is 45.0 Å². The largest absolute Gasteiger partial charge is 0.486 e. The molecule has 1 fully saturated rings. The summed E-state index contributed by atoms with van der Waals surface area (Å²) in [5.74, 6) is 3.30. The summed E-state index contributed by atoms with van der Waals surface area (Å²) in [6.07, 6.45) is 0. The zero-order chi connectivity index (χ0) is 19.7. The fourth-order valence-electron chi connectivity index (χ4n) is 3.57. The van der Waals surface area contributed by atoms with Gasteiger partial charge in [-0.1, -0.05) is 26.8 Å². The van der Waals surface area contributed by atoms with E-state index in [0.717, 1.165) is 42.6 Å². The summed E-state index contributed by atoms with van der Waals surface area (Å²) in [6, 6.07) is 10.7. The fourth-order valence-corrected chi connectivity index (χ4v) is 3.57. The summed E-state index contributed by atoms with van der Waals surface area (Å²) in [7, 11) is 0. The quantitative estimate of drug-likeness (QED) is 0.856. The Morgan fingerprint density at radius 3 is 2.50 bits per heavy atom. The molecule has 2 aliphatic heterocycles. The summed E-state index contributed by atoms with van der Waals surface area (Å²) >= 11 is 0. The van der Waals surface area contributed by atoms with Gasteiger partial charge in [0.05, 0.1) is 5.69 Å². The Labute approximate surface area is 167 Å². The van der Waals surface area contributed by atoms with E-state index < -0.39 is 0 Å². The van der Waals surface area contributed by atoms with Crippen molar-refractivity contribution in [1.29, 1.82) is 0 Å². The molecule has 1 aromatic heterocycles. The molecule has 6 heteroatoms. The second-order valence-electron chi connectivity index (χ2n) is 8.83. The van der Waals surface area contributed by atoms with Crippen molar-refractivity contribution in [3.05, 3.63) is 41.6 Å². The number of ether oxygens (including phenoxy) is 2. The van der Waals surface area contributed by atoms with Gasteiger partial charge in [0.25, 0.3) is 0 Å². The van der Waals surface area contributed by atoms with E-state index in [2.05, 4.69) is 72.4 Å². The number of hydrogen-bond donors (Lipinski definition) is 1. The fraction of sp³-hybridized carbons (Fsp3) is 0.545. The minimum atomic E-state index is 0.0386. The maximum atomic E-state index is 5.69. The van der Waals surface area contributed by atoms with Crippen LogP contribution in [0.4, 0.5) is 5.82 Å². The molecule has 2 aromatic rings. The molecule has 1 saturated heterocycles. The van der Waals surface area contributed by atoms with Crippen molar-refractivity contribution >= 4 is 5.82 Å². The number of anilines is 1. The number of aromatic nitrogens is 2. The van der Waals surface area contributed by atoms with E-state index in [1.54, 1.807) is 0 Å². The first-order chi connectivity index (χ1) is 13.4. The molecule has 1 atom stereocenters. The standard InChI is InChI=1S/C22H30N4O2/c1-15(17-5-6-18-19(11-17)28-10-9-27-18)23-12-16-13-26(14-16)21-8-7-20(24-25-21)22(2,3)4/h5-8,11,15-16,23H,9-10,12-14H2,1-4H3. The second-order valence-corrected chi connectivity index (χ2v) is 8.83. The van der Waals surface area contributed by atoms with Crippen LogP contribution in [0.25, 0.3) is 0 Å². The van der Waals surface area contributed by atoms with E-state index in [9.17, 15) is 0 Å². The molecule has 0 saturated carbocycles. The number of benzene rings is 1. The van der Waals surface area contributed by atoms with Crippen LogP contribution >= 0.6 is 0 Å². The van der Waals surface area contributed by atoms with Gasteiger partial charge in [-0.3, -0.25) is 0 Å². The topological polar surface area (TPSA) is 59.5 Å². The van der Waals surface area contributed by atoms with Gasteiger partial charge >= 0.3 is 0 Å². The lowest BCUT2D eigenvalue weighted by Crippen LogP contribution is -2.51. The van der Waals surface area contributed by atoms with E-state index in [1.165, 1.54) is 5.56 Å². The van der Waals surface area contributed by atoms with Crippen molar-refractivity contribution in [3.8, 4) is 11.5 Å². The van der Waals surface area contributed by atoms with Crippen molar-refractivity contribution < 1.29 is 9.47 Å². The first-order valence-electron chi connectivity index (χ1n) is 10.1. The predicted octanol–water partition coefficient (Wildman–Crippen LogP) is 3.33. The first kappa shape index (κ1) is 19.0. The van der Waals surface area contributed by atoms with Gasteiger partial charge in [0, 0.05) is 37.0 Å². The smallest absolute Gasteiger partial charge is 0.161 e. The molecular weight excluding hydrogens is 352 g/mol. The zero-order valence-corrected chi connectivity index (χ0v) is 17.2. The minimum Gasteiger partial charge on any atom is -0.486 e. The molecule has 1 N–H and O–H groups in total. The van der Waals surface area contributed by atoms with Crippen molar-refractivity contribution in [2.75, 3.05) is 37.7 Å². The number of nitrogens with zero attached hydrogens (tertiary/aromatic N) is 3. The highest BCUT2D eigenvalue weighted by Crippen LogP contribution is 2.33. The molecule has 1 unspecified atom stereocenters. The molecular formula is C22H30N4O2. The van der Waals surface area contributed by atoms with Crippen LogP contribution in [-0.2, 0) is 5.41 Å². The van der Waals surface area contributed by atoms with Gasteiger partial charge in [-0.05, 0) is 36.8 Å². The molecule has 4 rings (SSSR count). The molecule has 0 bridgehead atoms. The lowest BCUT2D eigenvalue weighted by atomic mass is 9.92. The maximum Gasteiger partial charge on any atom is 0.161 e. The third-order valence-corrected chi connectivity index (χ3v) is 5.48. The minimum absolute atomic E-state index is 0.0386. The monoisotopic (exact) mass is 382 g/mol. The summed E-state index contributed by atoms with van der Waals surface area (Å²) in [4.78, 5) is 2.29. The van der Waals surface area contributed by atoms with E-state index in [-0.39, 0.29) is 11.5 Å². The van der Waals surface area contributed by atoms with Crippen molar-refractivity contribution in [2.24, 2.45) is 5.92 Å². The predicted molar refractivity (Wildman–Crippen MR) is 110 cm³/mol. The van der Waals surface area contributed by atoms with Crippen LogP contribution in [-0.4, -0.2) is 43.0 Å². The number of fused-ring (bicyclic) bond motifs is 1.